The Balaban J connectivity index is 3.34. The highest BCUT2D eigenvalue weighted by Crippen LogP contribution is 2.21. The first-order valence-corrected chi connectivity index (χ1v) is 4.76. The van der Waals surface area contributed by atoms with Gasteiger partial charge >= 0.3 is 0 Å². The smallest absolute Gasteiger partial charge is 0.178 e. The van der Waals surface area contributed by atoms with Crippen LogP contribution in [0, 0.1) is 4.77 Å². The number of hydrogen-bond acceptors (Lipinski definition) is 3. The number of nitrogens with one attached hydrogen (secondary N) is 1. The van der Waals surface area contributed by atoms with Crippen LogP contribution >= 0.6 is 36.6 Å². The van der Waals surface area contributed by atoms with Gasteiger partial charge in [0, 0.05) is 7.05 Å². The number of hydrogen-bond donors (Lipinski definition) is 2. The van der Waals surface area contributed by atoms with Gasteiger partial charge in [-0.25, -0.2) is 0 Å². The summed E-state index contributed by atoms with van der Waals surface area (Å²) in [7, 11) is 1.92. The number of imidazole rings is 1. The van der Waals surface area contributed by atoms with E-state index in [0.717, 1.165) is 10.1 Å². The molecule has 0 aliphatic rings. The largest absolute Gasteiger partial charge is 0.325 e. The topological polar surface area (TPSA) is 20.7 Å². The number of aromatic nitrogens is 2. The molecule has 0 unspecified atom stereocenters. The Morgan fingerprint density at radius 3 is 2.50 bits per heavy atom. The van der Waals surface area contributed by atoms with Crippen molar-refractivity contribution in [1.29, 1.82) is 0 Å². The van der Waals surface area contributed by atoms with E-state index < -0.39 is 0 Å². The van der Waals surface area contributed by atoms with E-state index in [0.29, 0.717) is 4.77 Å². The van der Waals surface area contributed by atoms with Crippen LogP contribution < -0.4 is 0 Å². The second-order valence-electron chi connectivity index (χ2n) is 1.85. The number of aromatic amines is 1. The van der Waals surface area contributed by atoms with Crippen LogP contribution in [-0.4, -0.2) is 15.8 Å². The minimum atomic E-state index is 0.717. The first kappa shape index (κ1) is 8.23. The maximum Gasteiger partial charge on any atom is 0.178 e. The molecule has 0 spiro atoms. The average Bonchev–Trinajstić information content (AvgIpc) is 2.09. The van der Waals surface area contributed by atoms with Crippen molar-refractivity contribution in [3.05, 3.63) is 4.77 Å². The number of rotatable bonds is 1. The Morgan fingerprint density at radius 2 is 2.30 bits per heavy atom. The molecule has 0 radical (unpaired) electrons. The normalized spacial score (nSPS) is 10.3. The van der Waals surface area contributed by atoms with Gasteiger partial charge in [-0.05, 0) is 18.5 Å². The van der Waals surface area contributed by atoms with Crippen molar-refractivity contribution in [2.75, 3.05) is 6.26 Å². The highest BCUT2D eigenvalue weighted by atomic mass is 32.2. The van der Waals surface area contributed by atoms with Gasteiger partial charge in [-0.2, -0.15) is 0 Å². The molecule has 2 nitrogen and oxygen atoms in total. The molecule has 5 heteroatoms. The van der Waals surface area contributed by atoms with E-state index in [-0.39, 0.29) is 0 Å². The van der Waals surface area contributed by atoms with E-state index in [4.69, 9.17) is 12.2 Å². The minimum absolute atomic E-state index is 0.717. The molecule has 0 aliphatic heterocycles. The fourth-order valence-corrected chi connectivity index (χ4v) is 2.19. The summed E-state index contributed by atoms with van der Waals surface area (Å²) in [6.45, 7) is 0. The van der Waals surface area contributed by atoms with Crippen molar-refractivity contribution < 1.29 is 0 Å². The molecule has 0 saturated carbocycles. The zero-order chi connectivity index (χ0) is 7.72. The van der Waals surface area contributed by atoms with Crippen LogP contribution in [0.5, 0.6) is 0 Å². The molecular formula is C5H8N2S3. The lowest BCUT2D eigenvalue weighted by Crippen LogP contribution is -1.87. The summed E-state index contributed by atoms with van der Waals surface area (Å²) in [4.78, 5) is 2.95. The second kappa shape index (κ2) is 3.02. The van der Waals surface area contributed by atoms with E-state index >= 15 is 0 Å². The van der Waals surface area contributed by atoms with Crippen LogP contribution in [0.3, 0.4) is 0 Å². The van der Waals surface area contributed by atoms with E-state index in [2.05, 4.69) is 17.6 Å². The quantitative estimate of drug-likeness (QED) is 0.404. The summed E-state index contributed by atoms with van der Waals surface area (Å²) in [6, 6.07) is 0. The van der Waals surface area contributed by atoms with Gasteiger partial charge in [0.2, 0.25) is 0 Å². The van der Waals surface area contributed by atoms with Gasteiger partial charge in [0.05, 0.1) is 0 Å². The lowest BCUT2D eigenvalue weighted by molar-refractivity contribution is 0.798. The highest BCUT2D eigenvalue weighted by molar-refractivity contribution is 7.99. The summed E-state index contributed by atoms with van der Waals surface area (Å²) < 4.78 is 2.62. The van der Waals surface area contributed by atoms with E-state index in [1.807, 2.05) is 17.9 Å². The fourth-order valence-electron chi connectivity index (χ4n) is 0.723. The molecule has 0 saturated heterocycles. The molecule has 0 bridgehead atoms. The maximum atomic E-state index is 4.97. The molecule has 1 heterocycles. The Kier molecular flexibility index (Phi) is 2.49. The number of nitrogens with zero attached hydrogens (tertiary/aromatic N) is 1. The third kappa shape index (κ3) is 1.26. The molecule has 56 valence electrons. The summed E-state index contributed by atoms with van der Waals surface area (Å²) >= 11 is 10.8. The van der Waals surface area contributed by atoms with E-state index in [1.54, 1.807) is 11.8 Å². The van der Waals surface area contributed by atoms with Crippen LogP contribution in [0.1, 0.15) is 0 Å². The lowest BCUT2D eigenvalue weighted by Gasteiger charge is -1.95. The SMILES string of the molecule is CSc1c(S)[nH]c(=S)n1C. The third-order valence-corrected chi connectivity index (χ3v) is 2.95. The average molecular weight is 192 g/mol. The molecule has 0 atom stereocenters. The van der Waals surface area contributed by atoms with Crippen LogP contribution in [-0.2, 0) is 7.05 Å². The standard InChI is InChI=1S/C5H8N2S3/c1-7-4(10-2)3(8)6-5(7)9/h8H,1-2H3,(H,6,9). The van der Waals surface area contributed by atoms with Gasteiger partial charge in [0.15, 0.2) is 4.77 Å². The number of H-pyrrole nitrogens is 1. The van der Waals surface area contributed by atoms with Crippen LogP contribution in [0.15, 0.2) is 10.1 Å². The predicted octanol–water partition coefficient (Wildman–Crippen LogP) is 2.09. The van der Waals surface area contributed by atoms with Crippen LogP contribution in [0.2, 0.25) is 0 Å². The Hall–Kier alpha value is 0.130. The summed E-state index contributed by atoms with van der Waals surface area (Å²) in [5, 5.41) is 1.92. The lowest BCUT2D eigenvalue weighted by atomic mass is 10.9. The molecule has 1 aromatic rings. The molecule has 10 heavy (non-hydrogen) atoms. The molecule has 1 aromatic heterocycles. The van der Waals surface area contributed by atoms with E-state index in [1.165, 1.54) is 0 Å². The van der Waals surface area contributed by atoms with Crippen LogP contribution in [0.4, 0.5) is 0 Å². The predicted molar refractivity (Wildman–Crippen MR) is 49.6 cm³/mol. The van der Waals surface area contributed by atoms with Gasteiger partial charge in [-0.15, -0.1) is 24.4 Å². The number of thioether (sulfide) groups is 1. The molecule has 1 rings (SSSR count). The second-order valence-corrected chi connectivity index (χ2v) is 3.48. The third-order valence-electron chi connectivity index (χ3n) is 1.23. The van der Waals surface area contributed by atoms with Crippen molar-refractivity contribution in [1.82, 2.24) is 9.55 Å². The Labute approximate surface area is 74.4 Å². The first-order valence-electron chi connectivity index (χ1n) is 2.68. The molecule has 0 aromatic carbocycles. The van der Waals surface area contributed by atoms with Gasteiger partial charge in [0.1, 0.15) is 10.1 Å². The number of thiol groups is 1. The Bertz CT molecular complexity index is 286. The van der Waals surface area contributed by atoms with Crippen molar-refractivity contribution >= 4 is 36.6 Å². The van der Waals surface area contributed by atoms with Gasteiger partial charge in [-0.3, -0.25) is 0 Å². The van der Waals surface area contributed by atoms with Crippen molar-refractivity contribution in [2.24, 2.45) is 7.05 Å². The highest BCUT2D eigenvalue weighted by Gasteiger charge is 2.02. The van der Waals surface area contributed by atoms with Gasteiger partial charge in [-0.1, -0.05) is 0 Å². The monoisotopic (exact) mass is 192 g/mol. The van der Waals surface area contributed by atoms with Crippen LogP contribution in [0.25, 0.3) is 0 Å². The molecule has 0 amide bonds. The van der Waals surface area contributed by atoms with Crippen molar-refractivity contribution in [3.8, 4) is 0 Å². The fraction of sp³-hybridized carbons (Fsp3) is 0.400. The zero-order valence-electron chi connectivity index (χ0n) is 5.71. The summed E-state index contributed by atoms with van der Waals surface area (Å²) in [5.41, 5.74) is 0. The van der Waals surface area contributed by atoms with Gasteiger partial charge in [0.25, 0.3) is 0 Å². The van der Waals surface area contributed by atoms with E-state index in [9.17, 15) is 0 Å². The molecular weight excluding hydrogens is 184 g/mol. The maximum absolute atomic E-state index is 4.97. The summed E-state index contributed by atoms with van der Waals surface area (Å²) in [5.74, 6) is 0. The van der Waals surface area contributed by atoms with Crippen molar-refractivity contribution in [2.45, 2.75) is 10.1 Å². The van der Waals surface area contributed by atoms with Gasteiger partial charge < -0.3 is 9.55 Å². The molecule has 0 fully saturated rings. The zero-order valence-corrected chi connectivity index (χ0v) is 8.24. The molecule has 0 aliphatic carbocycles. The first-order chi connectivity index (χ1) is 4.66. The summed E-state index contributed by atoms with van der Waals surface area (Å²) in [6.07, 6.45) is 2.00. The molecule has 1 N–H and O–H groups in total. The Morgan fingerprint density at radius 1 is 1.70 bits per heavy atom. The minimum Gasteiger partial charge on any atom is -0.325 e. The van der Waals surface area contributed by atoms with Crippen molar-refractivity contribution in [3.63, 3.8) is 0 Å².